The quantitative estimate of drug-likeness (QED) is 0.756. The number of fused-ring (bicyclic) bond motifs is 3. The predicted molar refractivity (Wildman–Crippen MR) is 84.3 cm³/mol. The van der Waals surface area contributed by atoms with Gasteiger partial charge in [-0.3, -0.25) is 4.98 Å². The maximum atomic E-state index is 6.34. The number of pyridine rings is 1. The molecule has 0 radical (unpaired) electrons. The Hall–Kier alpha value is -1.000. The molecule has 0 bridgehead atoms. The lowest BCUT2D eigenvalue weighted by molar-refractivity contribution is 0.225. The number of aryl methyl sites for hydroxylation is 1. The van der Waals surface area contributed by atoms with E-state index in [4.69, 9.17) is 21.1 Å². The molecule has 0 amide bonds. The van der Waals surface area contributed by atoms with Crippen LogP contribution in [0.3, 0.4) is 0 Å². The van der Waals surface area contributed by atoms with Crippen LogP contribution in [-0.2, 0) is 6.42 Å². The van der Waals surface area contributed by atoms with Gasteiger partial charge in [0.05, 0.1) is 12.6 Å². The summed E-state index contributed by atoms with van der Waals surface area (Å²) in [6, 6.07) is 5.82. The molecule has 0 N–H and O–H groups in total. The summed E-state index contributed by atoms with van der Waals surface area (Å²) < 4.78 is 10.8. The van der Waals surface area contributed by atoms with Gasteiger partial charge in [-0.25, -0.2) is 0 Å². The molecule has 3 rings (SSSR count). The van der Waals surface area contributed by atoms with E-state index in [0.29, 0.717) is 0 Å². The van der Waals surface area contributed by atoms with E-state index in [1.807, 2.05) is 32.0 Å². The van der Waals surface area contributed by atoms with Gasteiger partial charge in [-0.2, -0.15) is 0 Å². The minimum absolute atomic E-state index is 0.114. The second-order valence-corrected chi connectivity index (χ2v) is 8.04. The maximum absolute atomic E-state index is 6.34. The van der Waals surface area contributed by atoms with Crippen molar-refractivity contribution in [3.8, 4) is 11.5 Å². The number of alkyl halides is 2. The largest absolute Gasteiger partial charge is 0.497 e. The molecular weight excluding hydrogens is 342 g/mol. The number of aromatic nitrogens is 1. The number of nitrogens with zero attached hydrogens (tertiary/aromatic N) is 1. The summed E-state index contributed by atoms with van der Waals surface area (Å²) in [6.45, 7) is 3.91. The van der Waals surface area contributed by atoms with Gasteiger partial charge in [-0.15, -0.1) is 11.6 Å². The Balaban J connectivity index is 2.18. The summed E-state index contributed by atoms with van der Waals surface area (Å²) in [6.07, 6.45) is 0.642. The zero-order valence-electron chi connectivity index (χ0n) is 11.5. The van der Waals surface area contributed by atoms with E-state index >= 15 is 0 Å². The molecule has 20 heavy (non-hydrogen) atoms. The molecule has 0 saturated carbocycles. The summed E-state index contributed by atoms with van der Waals surface area (Å²) in [5.41, 5.74) is 3.03. The van der Waals surface area contributed by atoms with Crippen molar-refractivity contribution in [2.75, 3.05) is 7.11 Å². The fourth-order valence-electron chi connectivity index (χ4n) is 2.52. The van der Waals surface area contributed by atoms with Crippen LogP contribution in [0.2, 0.25) is 0 Å². The molecule has 1 aromatic heterocycles. The number of methoxy groups -OCH3 is 1. The van der Waals surface area contributed by atoms with Crippen LogP contribution in [0.25, 0.3) is 10.9 Å². The topological polar surface area (TPSA) is 31.4 Å². The van der Waals surface area contributed by atoms with E-state index in [-0.39, 0.29) is 6.10 Å². The zero-order chi connectivity index (χ0) is 14.5. The third kappa shape index (κ3) is 2.25. The Morgan fingerprint density at radius 1 is 1.50 bits per heavy atom. The Kier molecular flexibility index (Phi) is 3.33. The number of halogens is 2. The highest BCUT2D eigenvalue weighted by Gasteiger charge is 2.38. The van der Waals surface area contributed by atoms with Gasteiger partial charge in [0.25, 0.3) is 0 Å². The number of hydrogen-bond donors (Lipinski definition) is 0. The van der Waals surface area contributed by atoms with Crippen molar-refractivity contribution in [1.82, 2.24) is 4.98 Å². The number of benzene rings is 1. The smallest absolute Gasteiger partial charge is 0.134 e. The molecule has 3 nitrogen and oxygen atoms in total. The van der Waals surface area contributed by atoms with E-state index in [0.717, 1.165) is 40.1 Å². The number of hydrogen-bond acceptors (Lipinski definition) is 3. The highest BCUT2D eigenvalue weighted by Crippen LogP contribution is 2.43. The van der Waals surface area contributed by atoms with E-state index in [9.17, 15) is 0 Å². The molecule has 106 valence electrons. The van der Waals surface area contributed by atoms with Crippen LogP contribution in [0.15, 0.2) is 18.2 Å². The van der Waals surface area contributed by atoms with Crippen molar-refractivity contribution in [2.45, 2.75) is 30.2 Å². The van der Waals surface area contributed by atoms with Crippen molar-refractivity contribution >= 4 is 38.4 Å². The number of rotatable bonds is 2. The van der Waals surface area contributed by atoms with E-state index in [1.54, 1.807) is 7.11 Å². The lowest BCUT2D eigenvalue weighted by Gasteiger charge is -2.21. The fourth-order valence-corrected chi connectivity index (χ4v) is 2.90. The van der Waals surface area contributed by atoms with Crippen LogP contribution in [0.4, 0.5) is 0 Å². The summed E-state index contributed by atoms with van der Waals surface area (Å²) in [4.78, 5) is 4.65. The molecule has 0 fully saturated rings. The Bertz CT molecular complexity index is 682. The zero-order valence-corrected chi connectivity index (χ0v) is 13.9. The van der Waals surface area contributed by atoms with Gasteiger partial charge in [0.2, 0.25) is 0 Å². The molecule has 0 saturated heterocycles. The molecule has 1 aromatic carbocycles. The van der Waals surface area contributed by atoms with Crippen molar-refractivity contribution < 1.29 is 9.47 Å². The molecule has 1 aliphatic heterocycles. The lowest BCUT2D eigenvalue weighted by atomic mass is 10.0. The van der Waals surface area contributed by atoms with Gasteiger partial charge in [-0.05, 0) is 32.0 Å². The van der Waals surface area contributed by atoms with Gasteiger partial charge in [-0.1, -0.05) is 15.9 Å². The maximum Gasteiger partial charge on any atom is 0.134 e. The molecule has 0 unspecified atom stereocenters. The molecule has 5 heteroatoms. The van der Waals surface area contributed by atoms with Crippen molar-refractivity contribution in [3.63, 3.8) is 0 Å². The summed E-state index contributed by atoms with van der Waals surface area (Å²) in [5, 5.41) is 0.973. The van der Waals surface area contributed by atoms with Gasteiger partial charge < -0.3 is 9.47 Å². The molecule has 2 heterocycles. The SMILES string of the molecule is COc1ccc2nc(C)c3c(c2c1)O[C@H]([C@@](C)(Cl)Br)C3. The highest BCUT2D eigenvalue weighted by molar-refractivity contribution is 9.10. The van der Waals surface area contributed by atoms with Crippen LogP contribution < -0.4 is 9.47 Å². The second kappa shape index (κ2) is 4.78. The average molecular weight is 357 g/mol. The molecular formula is C15H15BrClNO2. The third-order valence-corrected chi connectivity index (χ3v) is 4.42. The molecule has 1 aliphatic rings. The van der Waals surface area contributed by atoms with Crippen LogP contribution in [0.1, 0.15) is 18.2 Å². The molecule has 2 atom stereocenters. The summed E-state index contributed by atoms with van der Waals surface area (Å²) >= 11 is 9.81. The van der Waals surface area contributed by atoms with Gasteiger partial charge >= 0.3 is 0 Å². The van der Waals surface area contributed by atoms with Gasteiger partial charge in [0.1, 0.15) is 21.4 Å². The first kappa shape index (κ1) is 14.0. The number of ether oxygens (including phenoxy) is 2. The first-order valence-electron chi connectivity index (χ1n) is 6.42. The summed E-state index contributed by atoms with van der Waals surface area (Å²) in [7, 11) is 1.65. The Morgan fingerprint density at radius 2 is 2.25 bits per heavy atom. The van der Waals surface area contributed by atoms with Gasteiger partial charge in [0.15, 0.2) is 0 Å². The van der Waals surface area contributed by atoms with Crippen LogP contribution in [-0.4, -0.2) is 22.0 Å². The van der Waals surface area contributed by atoms with Crippen molar-refractivity contribution in [2.24, 2.45) is 0 Å². The minimum atomic E-state index is -0.594. The van der Waals surface area contributed by atoms with E-state index in [2.05, 4.69) is 20.9 Å². The minimum Gasteiger partial charge on any atom is -0.497 e. The van der Waals surface area contributed by atoms with Crippen molar-refractivity contribution in [1.29, 1.82) is 0 Å². The van der Waals surface area contributed by atoms with E-state index in [1.165, 1.54) is 0 Å². The van der Waals surface area contributed by atoms with Crippen LogP contribution in [0, 0.1) is 6.92 Å². The highest BCUT2D eigenvalue weighted by atomic mass is 79.9. The Morgan fingerprint density at radius 3 is 2.90 bits per heavy atom. The molecule has 0 aliphatic carbocycles. The third-order valence-electron chi connectivity index (χ3n) is 3.66. The Labute approximate surface area is 131 Å². The second-order valence-electron chi connectivity index (χ2n) is 5.15. The lowest BCUT2D eigenvalue weighted by Crippen LogP contribution is -2.31. The average Bonchev–Trinajstić information content (AvgIpc) is 2.84. The monoisotopic (exact) mass is 355 g/mol. The van der Waals surface area contributed by atoms with Crippen LogP contribution >= 0.6 is 27.5 Å². The molecule has 2 aromatic rings. The summed E-state index contributed by atoms with van der Waals surface area (Å²) in [5.74, 6) is 1.67. The molecule has 0 spiro atoms. The normalized spacial score (nSPS) is 20.4. The fraction of sp³-hybridized carbons (Fsp3) is 0.400. The van der Waals surface area contributed by atoms with Crippen molar-refractivity contribution in [3.05, 3.63) is 29.5 Å². The first-order valence-corrected chi connectivity index (χ1v) is 7.59. The standard InChI is InChI=1S/C15H15BrClNO2/c1-8-10-7-13(15(2,16)17)20-14(10)11-6-9(19-3)4-5-12(11)18-8/h4-6,13H,7H2,1-3H3/t13-,15+/m0/s1. The predicted octanol–water partition coefficient (Wildman–Crippen LogP) is 4.21. The van der Waals surface area contributed by atoms with Crippen LogP contribution in [0.5, 0.6) is 11.5 Å². The first-order chi connectivity index (χ1) is 9.40. The van der Waals surface area contributed by atoms with E-state index < -0.39 is 3.78 Å². The van der Waals surface area contributed by atoms with Gasteiger partial charge in [0, 0.05) is 23.1 Å².